The van der Waals surface area contributed by atoms with Crippen molar-refractivity contribution in [1.29, 1.82) is 0 Å². The molecule has 0 saturated heterocycles. The summed E-state index contributed by atoms with van der Waals surface area (Å²) in [4.78, 5) is 44.7. The molecule has 0 N–H and O–H groups in total. The predicted molar refractivity (Wildman–Crippen MR) is 111 cm³/mol. The van der Waals surface area contributed by atoms with Gasteiger partial charge in [-0.3, -0.25) is 24.0 Å². The molecule has 0 fully saturated rings. The number of thioether (sulfide) groups is 1. The lowest BCUT2D eigenvalue weighted by molar-refractivity contribution is -0.384. The van der Waals surface area contributed by atoms with Crippen LogP contribution in [0.3, 0.4) is 0 Å². The van der Waals surface area contributed by atoms with Crippen LogP contribution in [0.2, 0.25) is 0 Å². The Bertz CT molecular complexity index is 1200. The summed E-state index contributed by atoms with van der Waals surface area (Å²) in [6, 6.07) is 6.35. The lowest BCUT2D eigenvalue weighted by atomic mass is 10.2. The average Bonchev–Trinajstić information content (AvgIpc) is 2.72. The zero-order chi connectivity index (χ0) is 21.1. The number of nitro benzene ring substituents is 1. The molecular weight excluding hydrogens is 394 g/mol. The van der Waals surface area contributed by atoms with Gasteiger partial charge in [0.2, 0.25) is 0 Å². The van der Waals surface area contributed by atoms with Crippen molar-refractivity contribution in [2.45, 2.75) is 37.0 Å². The maximum atomic E-state index is 12.8. The van der Waals surface area contributed by atoms with Gasteiger partial charge in [-0.15, -0.1) is 11.8 Å². The Morgan fingerprint density at radius 1 is 1.17 bits per heavy atom. The highest BCUT2D eigenvalue weighted by molar-refractivity contribution is 7.98. The first-order valence-corrected chi connectivity index (χ1v) is 10.1. The van der Waals surface area contributed by atoms with E-state index in [0.29, 0.717) is 28.7 Å². The van der Waals surface area contributed by atoms with Crippen molar-refractivity contribution in [3.05, 3.63) is 66.6 Å². The van der Waals surface area contributed by atoms with E-state index in [1.807, 2.05) is 0 Å². The van der Waals surface area contributed by atoms with Gasteiger partial charge in [-0.1, -0.05) is 25.5 Å². The molecule has 0 unspecified atom stereocenters. The van der Waals surface area contributed by atoms with Crippen LogP contribution in [0.25, 0.3) is 11.0 Å². The van der Waals surface area contributed by atoms with Crippen LogP contribution in [-0.2, 0) is 26.3 Å². The van der Waals surface area contributed by atoms with Crippen LogP contribution >= 0.6 is 11.8 Å². The number of non-ortho nitro benzene ring substituents is 1. The first kappa shape index (κ1) is 20.7. The van der Waals surface area contributed by atoms with Gasteiger partial charge in [0.15, 0.2) is 5.65 Å². The molecule has 29 heavy (non-hydrogen) atoms. The minimum atomic E-state index is -0.452. The molecule has 0 atom stereocenters. The smallest absolute Gasteiger partial charge is 0.280 e. The van der Waals surface area contributed by atoms with Crippen molar-refractivity contribution in [2.75, 3.05) is 0 Å². The summed E-state index contributed by atoms with van der Waals surface area (Å²) in [6.45, 7) is 2.06. The third-order valence-corrected chi connectivity index (χ3v) is 5.61. The van der Waals surface area contributed by atoms with Crippen molar-refractivity contribution in [2.24, 2.45) is 14.1 Å². The molecule has 2 heterocycles. The second-order valence-electron chi connectivity index (χ2n) is 6.67. The summed E-state index contributed by atoms with van der Waals surface area (Å²) in [7, 11) is 3.00. The van der Waals surface area contributed by atoms with E-state index in [4.69, 9.17) is 0 Å². The number of aryl methyl sites for hydroxylation is 2. The highest BCUT2D eigenvalue weighted by atomic mass is 32.2. The summed E-state index contributed by atoms with van der Waals surface area (Å²) in [6.07, 6.45) is 2.49. The van der Waals surface area contributed by atoms with Crippen LogP contribution in [0.5, 0.6) is 0 Å². The number of benzene rings is 1. The van der Waals surface area contributed by atoms with Crippen LogP contribution < -0.4 is 11.2 Å². The van der Waals surface area contributed by atoms with E-state index in [0.717, 1.165) is 23.0 Å². The number of fused-ring (bicyclic) bond motifs is 1. The van der Waals surface area contributed by atoms with Gasteiger partial charge in [0.05, 0.1) is 4.92 Å². The maximum Gasteiger partial charge on any atom is 0.332 e. The van der Waals surface area contributed by atoms with Gasteiger partial charge >= 0.3 is 5.69 Å². The monoisotopic (exact) mass is 415 g/mol. The molecule has 0 saturated carbocycles. The molecule has 9 nitrogen and oxygen atoms in total. The Kier molecular flexibility index (Phi) is 6.12. The minimum Gasteiger partial charge on any atom is -0.280 e. The Morgan fingerprint density at radius 3 is 2.62 bits per heavy atom. The Morgan fingerprint density at radius 2 is 1.93 bits per heavy atom. The van der Waals surface area contributed by atoms with Crippen molar-refractivity contribution in [3.8, 4) is 0 Å². The topological polar surface area (TPSA) is 113 Å². The maximum absolute atomic E-state index is 12.8. The summed E-state index contributed by atoms with van der Waals surface area (Å²) in [5.41, 5.74) is 0.162. The highest BCUT2D eigenvalue weighted by Gasteiger charge is 2.17. The zero-order valence-corrected chi connectivity index (χ0v) is 17.2. The quantitative estimate of drug-likeness (QED) is 0.252. The molecule has 0 spiro atoms. The Hall–Kier alpha value is -3.01. The number of unbranched alkanes of at least 4 members (excludes halogenated alkanes) is 1. The van der Waals surface area contributed by atoms with Crippen molar-refractivity contribution in [1.82, 2.24) is 19.1 Å². The van der Waals surface area contributed by atoms with E-state index in [1.165, 1.54) is 35.5 Å². The number of rotatable bonds is 7. The average molecular weight is 415 g/mol. The van der Waals surface area contributed by atoms with E-state index in [1.54, 1.807) is 19.2 Å². The van der Waals surface area contributed by atoms with E-state index >= 15 is 0 Å². The van der Waals surface area contributed by atoms with E-state index in [-0.39, 0.29) is 11.1 Å². The number of hydrogen-bond acceptors (Lipinski definition) is 7. The molecule has 2 aromatic heterocycles. The lowest BCUT2D eigenvalue weighted by Gasteiger charge is -2.12. The second kappa shape index (κ2) is 8.56. The van der Waals surface area contributed by atoms with Gasteiger partial charge in [-0.2, -0.15) is 0 Å². The Labute approximate surface area is 170 Å². The number of nitro groups is 1. The number of aromatic nitrogens is 4. The van der Waals surface area contributed by atoms with Crippen molar-refractivity contribution >= 4 is 28.5 Å². The normalized spacial score (nSPS) is 11.1. The van der Waals surface area contributed by atoms with Crippen LogP contribution in [0.1, 0.15) is 31.2 Å². The van der Waals surface area contributed by atoms with E-state index < -0.39 is 16.2 Å². The van der Waals surface area contributed by atoms with Crippen molar-refractivity contribution in [3.63, 3.8) is 0 Å². The van der Waals surface area contributed by atoms with Crippen LogP contribution in [-0.4, -0.2) is 24.0 Å². The minimum absolute atomic E-state index is 0.0117. The standard InChI is InChI=1S/C19H21N5O4S/c1-4-5-9-14-20-16-15(18(25)23(3)19(26)22(16)2)17(21-14)29-11-12-7-6-8-13(10-12)24(27)28/h6-8,10H,4-5,9,11H2,1-3H3. The number of nitrogens with zero attached hydrogens (tertiary/aromatic N) is 5. The van der Waals surface area contributed by atoms with Gasteiger partial charge < -0.3 is 0 Å². The molecule has 0 bridgehead atoms. The first-order chi connectivity index (χ1) is 13.8. The predicted octanol–water partition coefficient (Wildman–Crippen LogP) is 2.57. The van der Waals surface area contributed by atoms with Crippen LogP contribution in [0, 0.1) is 10.1 Å². The second-order valence-corrected chi connectivity index (χ2v) is 7.63. The van der Waals surface area contributed by atoms with Gasteiger partial charge in [-0.25, -0.2) is 14.8 Å². The fraction of sp³-hybridized carbons (Fsp3) is 0.368. The molecule has 0 aliphatic rings. The molecule has 0 amide bonds. The zero-order valence-electron chi connectivity index (χ0n) is 16.4. The molecule has 3 aromatic rings. The molecule has 1 aromatic carbocycles. The lowest BCUT2D eigenvalue weighted by Crippen LogP contribution is -2.37. The third-order valence-electron chi connectivity index (χ3n) is 4.56. The summed E-state index contributed by atoms with van der Waals surface area (Å²) in [5.74, 6) is 0.969. The molecule has 3 rings (SSSR count). The van der Waals surface area contributed by atoms with Gasteiger partial charge in [0.25, 0.3) is 11.2 Å². The summed E-state index contributed by atoms with van der Waals surface area (Å²) < 4.78 is 2.39. The highest BCUT2D eigenvalue weighted by Crippen LogP contribution is 2.27. The summed E-state index contributed by atoms with van der Waals surface area (Å²) in [5, 5.41) is 11.8. The van der Waals surface area contributed by atoms with E-state index in [9.17, 15) is 19.7 Å². The largest absolute Gasteiger partial charge is 0.332 e. The fourth-order valence-electron chi connectivity index (χ4n) is 2.93. The van der Waals surface area contributed by atoms with Gasteiger partial charge in [-0.05, 0) is 12.0 Å². The fourth-order valence-corrected chi connectivity index (χ4v) is 3.91. The van der Waals surface area contributed by atoms with Crippen LogP contribution in [0.15, 0.2) is 38.9 Å². The molecule has 0 aliphatic carbocycles. The van der Waals surface area contributed by atoms with Gasteiger partial charge in [0, 0.05) is 38.4 Å². The van der Waals surface area contributed by atoms with Gasteiger partial charge in [0.1, 0.15) is 16.2 Å². The summed E-state index contributed by atoms with van der Waals surface area (Å²) >= 11 is 1.31. The molecule has 0 aliphatic heterocycles. The van der Waals surface area contributed by atoms with E-state index in [2.05, 4.69) is 16.9 Å². The molecule has 0 radical (unpaired) electrons. The van der Waals surface area contributed by atoms with Crippen molar-refractivity contribution < 1.29 is 4.92 Å². The molecule has 152 valence electrons. The molecule has 10 heteroatoms. The van der Waals surface area contributed by atoms with Crippen LogP contribution in [0.4, 0.5) is 5.69 Å². The molecular formula is C19H21N5O4S. The Balaban J connectivity index is 2.09. The third kappa shape index (κ3) is 4.21. The first-order valence-electron chi connectivity index (χ1n) is 9.16. The SMILES string of the molecule is CCCCc1nc(SCc2cccc([N+](=O)[O-])c2)c2c(=O)n(C)c(=O)n(C)c2n1. The number of hydrogen-bond donors (Lipinski definition) is 0.